The van der Waals surface area contributed by atoms with Gasteiger partial charge in [0.2, 0.25) is 0 Å². The second-order valence-electron chi connectivity index (χ2n) is 7.30. The van der Waals surface area contributed by atoms with Crippen molar-refractivity contribution in [3.63, 3.8) is 0 Å². The van der Waals surface area contributed by atoms with E-state index in [1.165, 1.54) is 44.9 Å². The zero-order valence-corrected chi connectivity index (χ0v) is 12.9. The summed E-state index contributed by atoms with van der Waals surface area (Å²) in [6.07, 6.45) is 10.0. The Kier molecular flexibility index (Phi) is 5.12. The van der Waals surface area contributed by atoms with Crippen LogP contribution in [0.3, 0.4) is 0 Å². The average Bonchev–Trinajstić information content (AvgIpc) is 2.76. The van der Waals surface area contributed by atoms with Crippen molar-refractivity contribution in [1.82, 2.24) is 5.32 Å². The van der Waals surface area contributed by atoms with Gasteiger partial charge in [-0.1, -0.05) is 47.0 Å². The molecule has 2 rings (SSSR count). The fraction of sp³-hybridized carbons (Fsp3) is 1.00. The standard InChI is InChI=1S/C17H33N/c1-5-14-7-6-8-16(14)18-17-11-13(4)9-10-15(17)12(2)3/h12-18H,5-11H2,1-4H3. The highest BCUT2D eigenvalue weighted by Crippen LogP contribution is 2.36. The molecule has 2 aliphatic rings. The Bertz CT molecular complexity index is 248. The van der Waals surface area contributed by atoms with Gasteiger partial charge in [-0.15, -0.1) is 0 Å². The largest absolute Gasteiger partial charge is 0.311 e. The van der Waals surface area contributed by atoms with E-state index in [9.17, 15) is 0 Å². The number of rotatable bonds is 4. The average molecular weight is 251 g/mol. The SMILES string of the molecule is CCC1CCCC1NC1CC(C)CCC1C(C)C. The highest BCUT2D eigenvalue weighted by atomic mass is 15.0. The van der Waals surface area contributed by atoms with Crippen molar-refractivity contribution in [2.24, 2.45) is 23.7 Å². The smallest absolute Gasteiger partial charge is 0.0103 e. The summed E-state index contributed by atoms with van der Waals surface area (Å²) in [6, 6.07) is 1.62. The zero-order chi connectivity index (χ0) is 13.1. The third kappa shape index (κ3) is 3.29. The van der Waals surface area contributed by atoms with Gasteiger partial charge >= 0.3 is 0 Å². The summed E-state index contributed by atoms with van der Waals surface area (Å²) in [7, 11) is 0. The molecule has 5 unspecified atom stereocenters. The van der Waals surface area contributed by atoms with Crippen molar-refractivity contribution in [2.75, 3.05) is 0 Å². The van der Waals surface area contributed by atoms with Crippen LogP contribution in [0.1, 0.15) is 72.6 Å². The molecule has 1 nitrogen and oxygen atoms in total. The maximum Gasteiger partial charge on any atom is 0.0103 e. The van der Waals surface area contributed by atoms with Crippen LogP contribution >= 0.6 is 0 Å². The Morgan fingerprint density at radius 2 is 1.83 bits per heavy atom. The molecule has 1 N–H and O–H groups in total. The van der Waals surface area contributed by atoms with Crippen LogP contribution in [0.2, 0.25) is 0 Å². The molecule has 2 saturated carbocycles. The molecular weight excluding hydrogens is 218 g/mol. The monoisotopic (exact) mass is 251 g/mol. The highest BCUT2D eigenvalue weighted by molar-refractivity contribution is 4.91. The predicted molar refractivity (Wildman–Crippen MR) is 79.7 cm³/mol. The van der Waals surface area contributed by atoms with Gasteiger partial charge in [-0.25, -0.2) is 0 Å². The first-order valence-corrected chi connectivity index (χ1v) is 8.37. The molecule has 0 heterocycles. The fourth-order valence-electron chi connectivity index (χ4n) is 4.41. The minimum absolute atomic E-state index is 0.797. The van der Waals surface area contributed by atoms with Crippen molar-refractivity contribution in [3.05, 3.63) is 0 Å². The molecule has 0 aliphatic heterocycles. The van der Waals surface area contributed by atoms with E-state index in [4.69, 9.17) is 0 Å². The quantitative estimate of drug-likeness (QED) is 0.769. The molecule has 5 atom stereocenters. The van der Waals surface area contributed by atoms with E-state index in [2.05, 4.69) is 33.0 Å². The summed E-state index contributed by atoms with van der Waals surface area (Å²) in [5.41, 5.74) is 0. The molecule has 0 amide bonds. The highest BCUT2D eigenvalue weighted by Gasteiger charge is 2.34. The van der Waals surface area contributed by atoms with Crippen LogP contribution in [0, 0.1) is 23.7 Å². The molecule has 1 heteroatoms. The van der Waals surface area contributed by atoms with Crippen LogP contribution in [0.4, 0.5) is 0 Å². The number of hydrogen-bond acceptors (Lipinski definition) is 1. The van der Waals surface area contributed by atoms with Crippen molar-refractivity contribution in [3.8, 4) is 0 Å². The van der Waals surface area contributed by atoms with Crippen molar-refractivity contribution < 1.29 is 0 Å². The van der Waals surface area contributed by atoms with E-state index in [1.54, 1.807) is 0 Å². The lowest BCUT2D eigenvalue weighted by molar-refractivity contribution is 0.151. The lowest BCUT2D eigenvalue weighted by Crippen LogP contribution is -2.48. The predicted octanol–water partition coefficient (Wildman–Crippen LogP) is 4.62. The fourth-order valence-corrected chi connectivity index (χ4v) is 4.41. The first kappa shape index (κ1) is 14.4. The van der Waals surface area contributed by atoms with E-state index in [1.807, 2.05) is 0 Å². The second-order valence-corrected chi connectivity index (χ2v) is 7.30. The van der Waals surface area contributed by atoms with Crippen LogP contribution in [-0.4, -0.2) is 12.1 Å². The topological polar surface area (TPSA) is 12.0 Å². The third-order valence-corrected chi connectivity index (χ3v) is 5.63. The second kappa shape index (κ2) is 6.41. The molecule has 0 saturated heterocycles. The molecule has 2 aliphatic carbocycles. The Hall–Kier alpha value is -0.0400. The Balaban J connectivity index is 1.95. The van der Waals surface area contributed by atoms with Gasteiger partial charge in [0.1, 0.15) is 0 Å². The summed E-state index contributed by atoms with van der Waals surface area (Å²) in [6.45, 7) is 9.65. The van der Waals surface area contributed by atoms with Gasteiger partial charge in [0, 0.05) is 12.1 Å². The van der Waals surface area contributed by atoms with E-state index < -0.39 is 0 Å². The van der Waals surface area contributed by atoms with Gasteiger partial charge in [0.25, 0.3) is 0 Å². The number of nitrogens with one attached hydrogen (secondary N) is 1. The summed E-state index contributed by atoms with van der Waals surface area (Å²) < 4.78 is 0. The van der Waals surface area contributed by atoms with Gasteiger partial charge in [0.15, 0.2) is 0 Å². The molecule has 0 aromatic carbocycles. The van der Waals surface area contributed by atoms with E-state index in [0.717, 1.165) is 35.8 Å². The van der Waals surface area contributed by atoms with Gasteiger partial charge in [-0.3, -0.25) is 0 Å². The van der Waals surface area contributed by atoms with Crippen LogP contribution in [0.5, 0.6) is 0 Å². The molecule has 0 aromatic heterocycles. The van der Waals surface area contributed by atoms with Gasteiger partial charge in [0.05, 0.1) is 0 Å². The van der Waals surface area contributed by atoms with Crippen LogP contribution in [0.25, 0.3) is 0 Å². The summed E-state index contributed by atoms with van der Waals surface area (Å²) in [5, 5.41) is 4.08. The Labute approximate surface area is 114 Å². The Morgan fingerprint density at radius 3 is 2.50 bits per heavy atom. The summed E-state index contributed by atoms with van der Waals surface area (Å²) in [4.78, 5) is 0. The van der Waals surface area contributed by atoms with Gasteiger partial charge in [-0.2, -0.15) is 0 Å². The molecule has 106 valence electrons. The van der Waals surface area contributed by atoms with Gasteiger partial charge < -0.3 is 5.32 Å². The zero-order valence-electron chi connectivity index (χ0n) is 12.9. The third-order valence-electron chi connectivity index (χ3n) is 5.63. The summed E-state index contributed by atoms with van der Waals surface area (Å²) >= 11 is 0. The molecule has 2 fully saturated rings. The lowest BCUT2D eigenvalue weighted by atomic mass is 9.73. The maximum atomic E-state index is 4.08. The van der Waals surface area contributed by atoms with Gasteiger partial charge in [-0.05, 0) is 49.4 Å². The maximum absolute atomic E-state index is 4.08. The first-order chi connectivity index (χ1) is 8.61. The number of hydrogen-bond donors (Lipinski definition) is 1. The van der Waals surface area contributed by atoms with Crippen LogP contribution < -0.4 is 5.32 Å². The lowest BCUT2D eigenvalue weighted by Gasteiger charge is -2.40. The Morgan fingerprint density at radius 1 is 1.06 bits per heavy atom. The first-order valence-electron chi connectivity index (χ1n) is 8.37. The molecule has 18 heavy (non-hydrogen) atoms. The summed E-state index contributed by atoms with van der Waals surface area (Å²) in [5.74, 6) is 3.64. The molecule has 0 spiro atoms. The minimum Gasteiger partial charge on any atom is -0.311 e. The van der Waals surface area contributed by atoms with Crippen LogP contribution in [-0.2, 0) is 0 Å². The van der Waals surface area contributed by atoms with Crippen molar-refractivity contribution in [1.29, 1.82) is 0 Å². The van der Waals surface area contributed by atoms with Crippen LogP contribution in [0.15, 0.2) is 0 Å². The molecule has 0 bridgehead atoms. The van der Waals surface area contributed by atoms with E-state index in [0.29, 0.717) is 0 Å². The van der Waals surface area contributed by atoms with E-state index in [-0.39, 0.29) is 0 Å². The minimum atomic E-state index is 0.797. The van der Waals surface area contributed by atoms with Crippen molar-refractivity contribution >= 4 is 0 Å². The molecule has 0 aromatic rings. The van der Waals surface area contributed by atoms with E-state index >= 15 is 0 Å². The molecular formula is C17H33N. The molecule has 0 radical (unpaired) electrons. The van der Waals surface area contributed by atoms with Crippen molar-refractivity contribution in [2.45, 2.75) is 84.7 Å². The normalized spacial score (nSPS) is 41.5.